The summed E-state index contributed by atoms with van der Waals surface area (Å²) in [4.78, 5) is 43.0. The Kier molecular flexibility index (Phi) is 5.49. The van der Waals surface area contributed by atoms with Gasteiger partial charge in [-0.15, -0.1) is 0 Å². The fraction of sp³-hybridized carbons (Fsp3) is 0.276. The lowest BCUT2D eigenvalue weighted by molar-refractivity contribution is -0.152. The highest BCUT2D eigenvalue weighted by atomic mass is 16.7. The number of nitrogens with one attached hydrogen (secondary N) is 1. The Labute approximate surface area is 214 Å². The maximum Gasteiger partial charge on any atom is 0.327 e. The lowest BCUT2D eigenvalue weighted by Crippen LogP contribution is -2.57. The van der Waals surface area contributed by atoms with E-state index >= 15 is 0 Å². The Morgan fingerprint density at radius 3 is 2.49 bits per heavy atom. The summed E-state index contributed by atoms with van der Waals surface area (Å²) in [6, 6.07) is 21.6. The lowest BCUT2D eigenvalue weighted by atomic mass is 9.76. The number of carbonyl (C=O) groups is 3. The fourth-order valence-corrected chi connectivity index (χ4v) is 6.01. The van der Waals surface area contributed by atoms with Gasteiger partial charge in [0, 0.05) is 18.5 Å². The van der Waals surface area contributed by atoms with Gasteiger partial charge in [0.1, 0.15) is 5.54 Å². The zero-order valence-corrected chi connectivity index (χ0v) is 20.5. The Hall–Kier alpha value is -4.17. The number of rotatable bonds is 5. The fourth-order valence-electron chi connectivity index (χ4n) is 6.01. The van der Waals surface area contributed by atoms with Crippen molar-refractivity contribution in [3.8, 4) is 11.5 Å². The first-order chi connectivity index (χ1) is 17.9. The first kappa shape index (κ1) is 23.2. The Balaban J connectivity index is 1.51. The molecule has 3 aromatic carbocycles. The summed E-state index contributed by atoms with van der Waals surface area (Å²) < 4.78 is 16.2. The van der Waals surface area contributed by atoms with Gasteiger partial charge in [-0.25, -0.2) is 4.90 Å². The summed E-state index contributed by atoms with van der Waals surface area (Å²) in [7, 11) is 1.31. The average Bonchev–Trinajstić information content (AvgIpc) is 3.58. The minimum atomic E-state index is -1.44. The van der Waals surface area contributed by atoms with Crippen molar-refractivity contribution < 1.29 is 28.6 Å². The van der Waals surface area contributed by atoms with Crippen LogP contribution in [0.1, 0.15) is 22.7 Å². The van der Waals surface area contributed by atoms with Crippen molar-refractivity contribution >= 4 is 23.5 Å². The van der Waals surface area contributed by atoms with Gasteiger partial charge in [-0.05, 0) is 35.7 Å². The maximum absolute atomic E-state index is 14.2. The minimum Gasteiger partial charge on any atom is -0.468 e. The van der Waals surface area contributed by atoms with Crippen molar-refractivity contribution in [1.82, 2.24) is 5.32 Å². The van der Waals surface area contributed by atoms with E-state index in [1.165, 1.54) is 12.0 Å². The molecule has 8 nitrogen and oxygen atoms in total. The molecule has 2 amide bonds. The molecule has 0 aliphatic carbocycles. The number of nitrogens with zero attached hydrogens (tertiary/aromatic N) is 1. The summed E-state index contributed by atoms with van der Waals surface area (Å²) in [5, 5.41) is 3.45. The summed E-state index contributed by atoms with van der Waals surface area (Å²) >= 11 is 0. The zero-order chi connectivity index (χ0) is 25.7. The van der Waals surface area contributed by atoms with Crippen LogP contribution in [0.25, 0.3) is 0 Å². The molecule has 3 aliphatic rings. The van der Waals surface area contributed by atoms with Gasteiger partial charge in [0.2, 0.25) is 18.6 Å². The molecule has 0 bridgehead atoms. The van der Waals surface area contributed by atoms with E-state index in [0.29, 0.717) is 17.2 Å². The number of imide groups is 1. The number of amides is 2. The Morgan fingerprint density at radius 2 is 1.73 bits per heavy atom. The molecule has 37 heavy (non-hydrogen) atoms. The Morgan fingerprint density at radius 1 is 1.00 bits per heavy atom. The molecule has 0 saturated carbocycles. The van der Waals surface area contributed by atoms with E-state index in [2.05, 4.69) is 5.32 Å². The standard InChI is InChI=1S/C29H26N2O6/c1-17-8-6-7-11-20(17)25-23-24(29(30-25,28(34)35-2)15-18-9-4-3-5-10-18)27(33)31(26(23)32)19-12-13-21-22(14-19)37-16-36-21/h3-14,23-25,30H,15-16H2,1-2H3/t23-,24-,25+,29-/m0/s1. The number of fused-ring (bicyclic) bond motifs is 2. The zero-order valence-electron chi connectivity index (χ0n) is 20.5. The number of hydrogen-bond acceptors (Lipinski definition) is 7. The van der Waals surface area contributed by atoms with Gasteiger partial charge < -0.3 is 14.2 Å². The predicted octanol–water partition coefficient (Wildman–Crippen LogP) is 3.33. The van der Waals surface area contributed by atoms with Gasteiger partial charge in [-0.1, -0.05) is 54.6 Å². The minimum absolute atomic E-state index is 0.0771. The number of methoxy groups -OCH3 is 1. The molecule has 3 aliphatic heterocycles. The Bertz CT molecular complexity index is 1410. The van der Waals surface area contributed by atoms with E-state index in [9.17, 15) is 14.4 Å². The molecule has 4 atom stereocenters. The largest absolute Gasteiger partial charge is 0.468 e. The highest BCUT2D eigenvalue weighted by molar-refractivity contribution is 6.24. The van der Waals surface area contributed by atoms with E-state index in [1.807, 2.05) is 61.5 Å². The van der Waals surface area contributed by atoms with Crippen LogP contribution in [-0.4, -0.2) is 37.2 Å². The second-order valence-corrected chi connectivity index (χ2v) is 9.66. The summed E-state index contributed by atoms with van der Waals surface area (Å²) in [5.41, 5.74) is 1.62. The molecule has 2 saturated heterocycles. The SMILES string of the molecule is COC(=O)[C@@]1(Cc2ccccc2)N[C@H](c2ccccc2C)[C@H]2C(=O)N(c3ccc4c(c3)OCO4)C(=O)[C@H]21. The molecule has 3 heterocycles. The number of ether oxygens (including phenoxy) is 3. The molecule has 188 valence electrons. The monoisotopic (exact) mass is 498 g/mol. The number of esters is 1. The van der Waals surface area contributed by atoms with Crippen molar-refractivity contribution in [3.63, 3.8) is 0 Å². The number of benzene rings is 3. The number of anilines is 1. The number of aryl methyl sites for hydroxylation is 1. The molecule has 8 heteroatoms. The summed E-state index contributed by atoms with van der Waals surface area (Å²) in [6.07, 6.45) is 0.193. The first-order valence-electron chi connectivity index (χ1n) is 12.2. The van der Waals surface area contributed by atoms with Crippen LogP contribution in [-0.2, 0) is 25.5 Å². The van der Waals surface area contributed by atoms with E-state index < -0.39 is 35.3 Å². The summed E-state index contributed by atoms with van der Waals surface area (Å²) in [6.45, 7) is 2.03. The van der Waals surface area contributed by atoms with Crippen LogP contribution < -0.4 is 19.7 Å². The molecule has 0 aromatic heterocycles. The third-order valence-corrected chi connectivity index (χ3v) is 7.67. The van der Waals surface area contributed by atoms with Gasteiger partial charge in [0.05, 0.1) is 24.6 Å². The van der Waals surface area contributed by atoms with Crippen LogP contribution in [0.5, 0.6) is 11.5 Å². The third kappa shape index (κ3) is 3.51. The highest BCUT2D eigenvalue weighted by Crippen LogP contribution is 2.52. The van der Waals surface area contributed by atoms with Crippen LogP contribution >= 0.6 is 0 Å². The number of carbonyl (C=O) groups excluding carboxylic acids is 3. The van der Waals surface area contributed by atoms with Crippen molar-refractivity contribution in [2.45, 2.75) is 24.9 Å². The maximum atomic E-state index is 14.2. The molecule has 3 aromatic rings. The molecule has 0 spiro atoms. The van der Waals surface area contributed by atoms with Crippen LogP contribution in [0, 0.1) is 18.8 Å². The quantitative estimate of drug-likeness (QED) is 0.426. The third-order valence-electron chi connectivity index (χ3n) is 7.67. The van der Waals surface area contributed by atoms with E-state index in [-0.39, 0.29) is 19.1 Å². The molecule has 0 unspecified atom stereocenters. The van der Waals surface area contributed by atoms with E-state index in [0.717, 1.165) is 16.7 Å². The van der Waals surface area contributed by atoms with E-state index in [1.54, 1.807) is 18.2 Å². The van der Waals surface area contributed by atoms with Gasteiger partial charge in [-0.3, -0.25) is 19.7 Å². The van der Waals surface area contributed by atoms with Crippen LogP contribution in [0.4, 0.5) is 5.69 Å². The normalized spacial score (nSPS) is 25.9. The second kappa shape index (κ2) is 8.74. The van der Waals surface area contributed by atoms with Crippen LogP contribution in [0.2, 0.25) is 0 Å². The van der Waals surface area contributed by atoms with Crippen LogP contribution in [0.3, 0.4) is 0 Å². The van der Waals surface area contributed by atoms with E-state index in [4.69, 9.17) is 14.2 Å². The first-order valence-corrected chi connectivity index (χ1v) is 12.2. The summed E-state index contributed by atoms with van der Waals surface area (Å²) in [5.74, 6) is -2.14. The molecule has 2 fully saturated rings. The number of hydrogen-bond donors (Lipinski definition) is 1. The van der Waals surface area contributed by atoms with Crippen molar-refractivity contribution in [3.05, 3.63) is 89.5 Å². The van der Waals surface area contributed by atoms with Crippen molar-refractivity contribution in [1.29, 1.82) is 0 Å². The molecular weight excluding hydrogens is 472 g/mol. The smallest absolute Gasteiger partial charge is 0.327 e. The van der Waals surface area contributed by atoms with Crippen molar-refractivity contribution in [2.75, 3.05) is 18.8 Å². The predicted molar refractivity (Wildman–Crippen MR) is 134 cm³/mol. The second-order valence-electron chi connectivity index (χ2n) is 9.66. The van der Waals surface area contributed by atoms with Crippen LogP contribution in [0.15, 0.2) is 72.8 Å². The van der Waals surface area contributed by atoms with Gasteiger partial charge in [0.25, 0.3) is 0 Å². The molecule has 1 N–H and O–H groups in total. The van der Waals surface area contributed by atoms with Gasteiger partial charge in [0.15, 0.2) is 11.5 Å². The molecule has 0 radical (unpaired) electrons. The van der Waals surface area contributed by atoms with Crippen molar-refractivity contribution in [2.24, 2.45) is 11.8 Å². The topological polar surface area (TPSA) is 94.2 Å². The van der Waals surface area contributed by atoms with Gasteiger partial charge >= 0.3 is 5.97 Å². The molecular formula is C29H26N2O6. The average molecular weight is 499 g/mol. The molecule has 6 rings (SSSR count). The van der Waals surface area contributed by atoms with Gasteiger partial charge in [-0.2, -0.15) is 0 Å². The lowest BCUT2D eigenvalue weighted by Gasteiger charge is -2.33. The highest BCUT2D eigenvalue weighted by Gasteiger charge is 2.69.